The van der Waals surface area contributed by atoms with Crippen molar-refractivity contribution in [1.29, 1.82) is 0 Å². The fourth-order valence-corrected chi connectivity index (χ4v) is 2.51. The summed E-state index contributed by atoms with van der Waals surface area (Å²) in [5, 5.41) is 0. The molecule has 0 radical (unpaired) electrons. The number of rotatable bonds is 3. The zero-order valence-corrected chi connectivity index (χ0v) is 11.4. The van der Waals surface area contributed by atoms with E-state index in [1.54, 1.807) is 0 Å². The van der Waals surface area contributed by atoms with Crippen LogP contribution in [-0.4, -0.2) is 6.54 Å². The lowest BCUT2D eigenvalue weighted by atomic mass is 10.0. The molecule has 3 heteroatoms. The van der Waals surface area contributed by atoms with Gasteiger partial charge in [0, 0.05) is 0 Å². The topological polar surface area (TPSA) is 26.0 Å². The minimum absolute atomic E-state index is 0. The van der Waals surface area contributed by atoms with E-state index in [1.165, 1.54) is 24.1 Å². The summed E-state index contributed by atoms with van der Waals surface area (Å²) < 4.78 is 12.9. The summed E-state index contributed by atoms with van der Waals surface area (Å²) in [4.78, 5) is 0. The summed E-state index contributed by atoms with van der Waals surface area (Å²) in [6.07, 6.45) is 1.20. The number of nitrogens with two attached hydrogens (primary N) is 1. The van der Waals surface area contributed by atoms with Crippen LogP contribution in [0.5, 0.6) is 0 Å². The Morgan fingerprint density at radius 3 is 2.42 bits per heavy atom. The van der Waals surface area contributed by atoms with Gasteiger partial charge in [-0.25, -0.2) is 4.39 Å². The van der Waals surface area contributed by atoms with Crippen molar-refractivity contribution in [2.24, 2.45) is 11.7 Å². The Balaban J connectivity index is 0.00000133. The lowest BCUT2D eigenvalue weighted by Gasteiger charge is -2.05. The first kappa shape index (κ1) is 14.0. The Labute approximate surface area is 119 Å². The molecule has 0 spiro atoms. The standard InChI is InChI=1S/C16H16FN.ClH/c17-15-6-4-11(5-7-15)12-2-1-3-13(8-12)16-9-14(16)10-18;/h1-8,14,16H,9-10,18H2;1H. The van der Waals surface area contributed by atoms with Crippen molar-refractivity contribution in [3.63, 3.8) is 0 Å². The summed E-state index contributed by atoms with van der Waals surface area (Å²) in [6, 6.07) is 15.1. The fraction of sp³-hybridized carbons (Fsp3) is 0.250. The monoisotopic (exact) mass is 277 g/mol. The first-order valence-electron chi connectivity index (χ1n) is 6.34. The molecular weight excluding hydrogens is 261 g/mol. The number of hydrogen-bond donors (Lipinski definition) is 1. The Bertz CT molecular complexity index is 553. The molecule has 1 fully saturated rings. The molecule has 2 unspecified atom stereocenters. The molecule has 1 aliphatic carbocycles. The van der Waals surface area contributed by atoms with E-state index >= 15 is 0 Å². The van der Waals surface area contributed by atoms with E-state index in [0.29, 0.717) is 11.8 Å². The second-order valence-corrected chi connectivity index (χ2v) is 4.97. The molecule has 19 heavy (non-hydrogen) atoms. The summed E-state index contributed by atoms with van der Waals surface area (Å²) in [5.74, 6) is 1.07. The normalized spacial score (nSPS) is 20.7. The summed E-state index contributed by atoms with van der Waals surface area (Å²) in [7, 11) is 0. The fourth-order valence-electron chi connectivity index (χ4n) is 2.51. The van der Waals surface area contributed by atoms with Gasteiger partial charge in [0.05, 0.1) is 0 Å². The van der Waals surface area contributed by atoms with Gasteiger partial charge in [-0.1, -0.05) is 36.4 Å². The molecule has 100 valence electrons. The summed E-state index contributed by atoms with van der Waals surface area (Å²) in [5.41, 5.74) is 9.25. The van der Waals surface area contributed by atoms with Crippen LogP contribution in [0.25, 0.3) is 11.1 Å². The third-order valence-electron chi connectivity index (χ3n) is 3.72. The van der Waals surface area contributed by atoms with Gasteiger partial charge in [-0.3, -0.25) is 0 Å². The predicted octanol–water partition coefficient (Wildman–Crippen LogP) is 3.98. The molecule has 2 aromatic carbocycles. The molecule has 0 aromatic heterocycles. The van der Waals surface area contributed by atoms with Crippen molar-refractivity contribution in [3.8, 4) is 11.1 Å². The average molecular weight is 278 g/mol. The molecule has 3 rings (SSSR count). The average Bonchev–Trinajstić information content (AvgIpc) is 3.19. The molecule has 1 aliphatic rings. The Morgan fingerprint density at radius 1 is 1.05 bits per heavy atom. The van der Waals surface area contributed by atoms with Gasteiger partial charge >= 0.3 is 0 Å². The van der Waals surface area contributed by atoms with Gasteiger partial charge in [-0.15, -0.1) is 12.4 Å². The molecule has 0 bridgehead atoms. The quantitative estimate of drug-likeness (QED) is 0.902. The second kappa shape index (κ2) is 5.72. The van der Waals surface area contributed by atoms with E-state index in [0.717, 1.165) is 17.7 Å². The van der Waals surface area contributed by atoms with Crippen molar-refractivity contribution >= 4 is 12.4 Å². The highest BCUT2D eigenvalue weighted by molar-refractivity contribution is 5.85. The third kappa shape index (κ3) is 2.96. The van der Waals surface area contributed by atoms with Crippen LogP contribution >= 0.6 is 12.4 Å². The van der Waals surface area contributed by atoms with Gasteiger partial charge in [0.1, 0.15) is 5.82 Å². The summed E-state index contributed by atoms with van der Waals surface area (Å²) in [6.45, 7) is 0.769. The van der Waals surface area contributed by atoms with Crippen LogP contribution in [0.3, 0.4) is 0 Å². The highest BCUT2D eigenvalue weighted by atomic mass is 35.5. The Kier molecular flexibility index (Phi) is 4.23. The third-order valence-corrected chi connectivity index (χ3v) is 3.72. The molecule has 0 aliphatic heterocycles. The molecule has 2 aromatic rings. The van der Waals surface area contributed by atoms with E-state index < -0.39 is 0 Å². The lowest BCUT2D eigenvalue weighted by Crippen LogP contribution is -2.01. The summed E-state index contributed by atoms with van der Waals surface area (Å²) >= 11 is 0. The molecule has 0 heterocycles. The zero-order chi connectivity index (χ0) is 12.5. The van der Waals surface area contributed by atoms with Crippen LogP contribution < -0.4 is 5.73 Å². The zero-order valence-electron chi connectivity index (χ0n) is 10.6. The van der Waals surface area contributed by atoms with Gasteiger partial charge < -0.3 is 5.73 Å². The second-order valence-electron chi connectivity index (χ2n) is 4.97. The lowest BCUT2D eigenvalue weighted by molar-refractivity contribution is 0.628. The minimum Gasteiger partial charge on any atom is -0.330 e. The van der Waals surface area contributed by atoms with Crippen molar-refractivity contribution in [2.75, 3.05) is 6.54 Å². The first-order valence-corrected chi connectivity index (χ1v) is 6.34. The Hall–Kier alpha value is -1.38. The van der Waals surface area contributed by atoms with Crippen LogP contribution in [0.4, 0.5) is 4.39 Å². The maximum absolute atomic E-state index is 12.9. The first-order chi connectivity index (χ1) is 8.78. The van der Waals surface area contributed by atoms with Crippen LogP contribution in [0, 0.1) is 11.7 Å². The minimum atomic E-state index is -0.194. The predicted molar refractivity (Wildman–Crippen MR) is 79.0 cm³/mol. The van der Waals surface area contributed by atoms with E-state index in [-0.39, 0.29) is 18.2 Å². The van der Waals surface area contributed by atoms with Crippen molar-refractivity contribution < 1.29 is 4.39 Å². The maximum atomic E-state index is 12.9. The van der Waals surface area contributed by atoms with Gasteiger partial charge in [-0.05, 0) is 53.6 Å². The molecule has 2 N–H and O–H groups in total. The van der Waals surface area contributed by atoms with Gasteiger partial charge in [0.25, 0.3) is 0 Å². The molecule has 0 amide bonds. The smallest absolute Gasteiger partial charge is 0.123 e. The van der Waals surface area contributed by atoms with E-state index in [9.17, 15) is 4.39 Å². The molecular formula is C16H17ClFN. The van der Waals surface area contributed by atoms with E-state index in [2.05, 4.69) is 24.3 Å². The van der Waals surface area contributed by atoms with Crippen molar-refractivity contribution in [2.45, 2.75) is 12.3 Å². The SMILES string of the molecule is Cl.NCC1CC1c1cccc(-c2ccc(F)cc2)c1. The highest BCUT2D eigenvalue weighted by Gasteiger charge is 2.36. The van der Waals surface area contributed by atoms with Crippen LogP contribution in [0.15, 0.2) is 48.5 Å². The molecule has 1 saturated carbocycles. The van der Waals surface area contributed by atoms with Crippen molar-refractivity contribution in [3.05, 3.63) is 59.9 Å². The van der Waals surface area contributed by atoms with Gasteiger partial charge in [0.2, 0.25) is 0 Å². The van der Waals surface area contributed by atoms with Crippen LogP contribution in [0.2, 0.25) is 0 Å². The maximum Gasteiger partial charge on any atom is 0.123 e. The van der Waals surface area contributed by atoms with Crippen LogP contribution in [-0.2, 0) is 0 Å². The Morgan fingerprint density at radius 2 is 1.79 bits per heavy atom. The number of hydrogen-bond acceptors (Lipinski definition) is 1. The van der Waals surface area contributed by atoms with E-state index in [4.69, 9.17) is 5.73 Å². The molecule has 1 nitrogen and oxygen atoms in total. The van der Waals surface area contributed by atoms with Crippen LogP contribution in [0.1, 0.15) is 17.9 Å². The molecule has 0 saturated heterocycles. The highest BCUT2D eigenvalue weighted by Crippen LogP contribution is 2.47. The largest absolute Gasteiger partial charge is 0.330 e. The van der Waals surface area contributed by atoms with Crippen molar-refractivity contribution in [1.82, 2.24) is 0 Å². The number of halogens is 2. The van der Waals surface area contributed by atoms with Gasteiger partial charge in [-0.2, -0.15) is 0 Å². The molecule has 2 atom stereocenters. The number of benzene rings is 2. The van der Waals surface area contributed by atoms with Gasteiger partial charge in [0.15, 0.2) is 0 Å². The van der Waals surface area contributed by atoms with E-state index in [1.807, 2.05) is 12.1 Å².